The van der Waals surface area contributed by atoms with Crippen LogP contribution in [-0.2, 0) is 24.4 Å². The second kappa shape index (κ2) is 6.10. The Labute approximate surface area is 143 Å². The molecule has 0 bridgehead atoms. The fraction of sp³-hybridized carbons (Fsp3) is 0.312. The Balaban J connectivity index is 1.57. The summed E-state index contributed by atoms with van der Waals surface area (Å²) in [5, 5.41) is 26.5. The van der Waals surface area contributed by atoms with Crippen LogP contribution in [0.4, 0.5) is 0 Å². The van der Waals surface area contributed by atoms with Crippen molar-refractivity contribution in [2.24, 2.45) is 0 Å². The lowest BCUT2D eigenvalue weighted by atomic mass is 10.2. The van der Waals surface area contributed by atoms with Gasteiger partial charge < -0.3 is 9.67 Å². The Kier molecular flexibility index (Phi) is 3.77. The number of aromatic nitrogens is 6. The third kappa shape index (κ3) is 2.89. The molecular weight excluding hydrogens is 322 g/mol. The van der Waals surface area contributed by atoms with Crippen LogP contribution in [0.2, 0.25) is 0 Å². The van der Waals surface area contributed by atoms with Crippen molar-refractivity contribution in [2.75, 3.05) is 0 Å². The van der Waals surface area contributed by atoms with E-state index in [1.807, 2.05) is 46.7 Å². The number of hydrogen-bond donors (Lipinski definition) is 1. The van der Waals surface area contributed by atoms with E-state index in [0.717, 1.165) is 17.3 Å². The lowest BCUT2D eigenvalue weighted by Gasteiger charge is -2.32. The standard InChI is InChI=1S/C16H17N7O2/c1-11-18-19-15-10-21(14(16(24)25)9-22(11)15)8-12-7-17-23(20-12)13-5-3-2-4-6-13/h2-7,14H,8-10H2,1H3,(H,24,25). The third-order valence-electron chi connectivity index (χ3n) is 4.33. The molecule has 0 saturated heterocycles. The van der Waals surface area contributed by atoms with Crippen LogP contribution in [0.5, 0.6) is 0 Å². The molecule has 0 aliphatic carbocycles. The highest BCUT2D eigenvalue weighted by Crippen LogP contribution is 2.20. The second-order valence-corrected chi connectivity index (χ2v) is 5.99. The topological polar surface area (TPSA) is 102 Å². The molecule has 1 unspecified atom stereocenters. The molecule has 9 heteroatoms. The molecule has 1 aromatic carbocycles. The summed E-state index contributed by atoms with van der Waals surface area (Å²) in [5.74, 6) is 0.635. The molecule has 0 amide bonds. The van der Waals surface area contributed by atoms with Gasteiger partial charge in [-0.3, -0.25) is 9.69 Å². The largest absolute Gasteiger partial charge is 0.480 e. The van der Waals surface area contributed by atoms with E-state index in [0.29, 0.717) is 25.3 Å². The SMILES string of the molecule is Cc1nnc2n1CC(C(=O)O)N(Cc1cnn(-c3ccccc3)n1)C2. The molecule has 1 aliphatic rings. The molecule has 0 fully saturated rings. The molecule has 0 spiro atoms. The Morgan fingerprint density at radius 3 is 2.84 bits per heavy atom. The predicted molar refractivity (Wildman–Crippen MR) is 86.8 cm³/mol. The number of carboxylic acid groups (broad SMARTS) is 1. The molecular formula is C16H17N7O2. The van der Waals surface area contributed by atoms with Crippen molar-refractivity contribution in [3.8, 4) is 5.69 Å². The van der Waals surface area contributed by atoms with Crippen LogP contribution in [0.15, 0.2) is 36.5 Å². The van der Waals surface area contributed by atoms with Crippen molar-refractivity contribution >= 4 is 5.97 Å². The van der Waals surface area contributed by atoms with Crippen molar-refractivity contribution in [3.63, 3.8) is 0 Å². The van der Waals surface area contributed by atoms with Crippen molar-refractivity contribution in [2.45, 2.75) is 32.6 Å². The van der Waals surface area contributed by atoms with Gasteiger partial charge in [0.1, 0.15) is 17.7 Å². The van der Waals surface area contributed by atoms with Crippen LogP contribution in [-0.4, -0.2) is 51.8 Å². The number of hydrogen-bond acceptors (Lipinski definition) is 6. The number of benzene rings is 1. The molecule has 1 aliphatic heterocycles. The van der Waals surface area contributed by atoms with E-state index >= 15 is 0 Å². The summed E-state index contributed by atoms with van der Waals surface area (Å²) in [6, 6.07) is 8.93. The van der Waals surface area contributed by atoms with E-state index < -0.39 is 12.0 Å². The van der Waals surface area contributed by atoms with E-state index in [1.165, 1.54) is 0 Å². The number of carbonyl (C=O) groups is 1. The van der Waals surface area contributed by atoms with Gasteiger partial charge in [-0.05, 0) is 19.1 Å². The summed E-state index contributed by atoms with van der Waals surface area (Å²) in [6.45, 7) is 2.96. The summed E-state index contributed by atoms with van der Waals surface area (Å²) in [5.41, 5.74) is 1.57. The molecule has 128 valence electrons. The number of fused-ring (bicyclic) bond motifs is 1. The van der Waals surface area contributed by atoms with Gasteiger partial charge in [-0.25, -0.2) is 0 Å². The second-order valence-electron chi connectivity index (χ2n) is 5.99. The lowest BCUT2D eigenvalue weighted by Crippen LogP contribution is -2.47. The zero-order valence-corrected chi connectivity index (χ0v) is 13.6. The Morgan fingerprint density at radius 2 is 2.08 bits per heavy atom. The van der Waals surface area contributed by atoms with Gasteiger partial charge in [0.2, 0.25) is 0 Å². The summed E-state index contributed by atoms with van der Waals surface area (Å²) < 4.78 is 1.86. The number of rotatable bonds is 4. The lowest BCUT2D eigenvalue weighted by molar-refractivity contribution is -0.145. The number of carboxylic acids is 1. The minimum Gasteiger partial charge on any atom is -0.480 e. The van der Waals surface area contributed by atoms with Gasteiger partial charge in [0.25, 0.3) is 0 Å². The highest BCUT2D eigenvalue weighted by Gasteiger charge is 2.33. The average Bonchev–Trinajstić information content (AvgIpc) is 3.22. The fourth-order valence-electron chi connectivity index (χ4n) is 3.02. The maximum atomic E-state index is 11.7. The quantitative estimate of drug-likeness (QED) is 0.744. The van der Waals surface area contributed by atoms with Crippen molar-refractivity contribution < 1.29 is 9.90 Å². The molecule has 3 heterocycles. The maximum absolute atomic E-state index is 11.7. The predicted octanol–water partition coefficient (Wildman–Crippen LogP) is 0.636. The molecule has 4 rings (SSSR count). The van der Waals surface area contributed by atoms with E-state index in [1.54, 1.807) is 11.0 Å². The number of para-hydroxylation sites is 1. The summed E-state index contributed by atoms with van der Waals surface area (Å²) >= 11 is 0. The normalized spacial score (nSPS) is 17.4. The first-order valence-corrected chi connectivity index (χ1v) is 7.94. The number of aliphatic carboxylic acids is 1. The van der Waals surface area contributed by atoms with Gasteiger partial charge in [0, 0.05) is 6.54 Å². The highest BCUT2D eigenvalue weighted by molar-refractivity contribution is 5.73. The van der Waals surface area contributed by atoms with Gasteiger partial charge in [-0.15, -0.1) is 10.2 Å². The summed E-state index contributed by atoms with van der Waals surface area (Å²) in [7, 11) is 0. The minimum absolute atomic E-state index is 0.330. The van der Waals surface area contributed by atoms with Crippen LogP contribution >= 0.6 is 0 Å². The first-order chi connectivity index (χ1) is 12.1. The molecule has 2 aromatic heterocycles. The molecule has 9 nitrogen and oxygen atoms in total. The number of aryl methyl sites for hydroxylation is 1. The average molecular weight is 339 g/mol. The van der Waals surface area contributed by atoms with E-state index in [9.17, 15) is 9.90 Å². The van der Waals surface area contributed by atoms with E-state index in [2.05, 4.69) is 20.4 Å². The van der Waals surface area contributed by atoms with Gasteiger partial charge in [-0.2, -0.15) is 15.0 Å². The Morgan fingerprint density at radius 1 is 1.28 bits per heavy atom. The van der Waals surface area contributed by atoms with Crippen LogP contribution in [0.3, 0.4) is 0 Å². The minimum atomic E-state index is -0.866. The van der Waals surface area contributed by atoms with Crippen molar-refractivity contribution in [1.29, 1.82) is 0 Å². The maximum Gasteiger partial charge on any atom is 0.322 e. The van der Waals surface area contributed by atoms with Gasteiger partial charge >= 0.3 is 5.97 Å². The van der Waals surface area contributed by atoms with Crippen LogP contribution in [0.25, 0.3) is 5.69 Å². The molecule has 25 heavy (non-hydrogen) atoms. The van der Waals surface area contributed by atoms with Crippen LogP contribution in [0.1, 0.15) is 17.3 Å². The van der Waals surface area contributed by atoms with Gasteiger partial charge in [-0.1, -0.05) is 18.2 Å². The molecule has 1 atom stereocenters. The molecule has 1 N–H and O–H groups in total. The Bertz CT molecular complexity index is 902. The van der Waals surface area contributed by atoms with Crippen LogP contribution in [0, 0.1) is 6.92 Å². The zero-order valence-electron chi connectivity index (χ0n) is 13.6. The number of nitrogens with zero attached hydrogens (tertiary/aromatic N) is 7. The Hall–Kier alpha value is -3.07. The zero-order chi connectivity index (χ0) is 17.4. The molecule has 3 aromatic rings. The monoisotopic (exact) mass is 339 g/mol. The van der Waals surface area contributed by atoms with Crippen molar-refractivity contribution in [3.05, 3.63) is 53.9 Å². The first-order valence-electron chi connectivity index (χ1n) is 7.94. The third-order valence-corrected chi connectivity index (χ3v) is 4.33. The van der Waals surface area contributed by atoms with Crippen molar-refractivity contribution in [1.82, 2.24) is 34.7 Å². The first kappa shape index (κ1) is 15.5. The van der Waals surface area contributed by atoms with E-state index in [-0.39, 0.29) is 0 Å². The smallest absolute Gasteiger partial charge is 0.322 e. The van der Waals surface area contributed by atoms with Gasteiger partial charge in [0.05, 0.1) is 30.7 Å². The summed E-state index contributed by atoms with van der Waals surface area (Å²) in [4.78, 5) is 15.1. The van der Waals surface area contributed by atoms with Gasteiger partial charge in [0.15, 0.2) is 0 Å². The van der Waals surface area contributed by atoms with E-state index in [4.69, 9.17) is 0 Å². The summed E-state index contributed by atoms with van der Waals surface area (Å²) in [6.07, 6.45) is 1.66. The molecule has 0 saturated carbocycles. The fourth-order valence-corrected chi connectivity index (χ4v) is 3.02. The molecule has 0 radical (unpaired) electrons. The highest BCUT2D eigenvalue weighted by atomic mass is 16.4. The van der Waals surface area contributed by atoms with Crippen LogP contribution < -0.4 is 0 Å².